The normalized spacial score (nSPS) is 13.8. The van der Waals surface area contributed by atoms with Gasteiger partial charge in [0.25, 0.3) is 0 Å². The Labute approximate surface area is 135 Å². The number of benzene rings is 1. The molecule has 0 radical (unpaired) electrons. The molecule has 0 bridgehead atoms. The molecular weight excluding hydrogens is 295 g/mol. The van der Waals surface area contributed by atoms with Crippen molar-refractivity contribution in [1.82, 2.24) is 0 Å². The summed E-state index contributed by atoms with van der Waals surface area (Å²) in [6, 6.07) is 7.37. The van der Waals surface area contributed by atoms with Gasteiger partial charge in [-0.1, -0.05) is 39.8 Å². The highest BCUT2D eigenvalue weighted by Gasteiger charge is 2.38. The summed E-state index contributed by atoms with van der Waals surface area (Å²) < 4.78 is 11.3. The summed E-state index contributed by atoms with van der Waals surface area (Å²) in [6.45, 7) is 13.4. The molecule has 0 aliphatic heterocycles. The summed E-state index contributed by atoms with van der Waals surface area (Å²) in [5.41, 5.74) is 1.16. The van der Waals surface area contributed by atoms with E-state index in [9.17, 15) is 0 Å². The number of rotatable bonds is 7. The van der Waals surface area contributed by atoms with Crippen LogP contribution in [0, 0.1) is 0 Å². The van der Waals surface area contributed by atoms with Gasteiger partial charge in [-0.2, -0.15) is 0 Å². The van der Waals surface area contributed by atoms with E-state index in [0.717, 1.165) is 18.4 Å². The average Bonchev–Trinajstić information content (AvgIpc) is 2.38. The first-order valence-electron chi connectivity index (χ1n) is 7.84. The molecule has 0 amide bonds. The Balaban J connectivity index is 2.70. The van der Waals surface area contributed by atoms with Crippen molar-refractivity contribution in [2.75, 3.05) is 0 Å². The zero-order chi connectivity index (χ0) is 17.0. The zero-order valence-electron chi connectivity index (χ0n) is 14.6. The van der Waals surface area contributed by atoms with Gasteiger partial charge in [-0.05, 0) is 48.7 Å². The van der Waals surface area contributed by atoms with Crippen LogP contribution in [0.5, 0.6) is 5.75 Å². The quantitative estimate of drug-likeness (QED) is 0.755. The molecule has 22 heavy (non-hydrogen) atoms. The highest BCUT2D eigenvalue weighted by Crippen LogP contribution is 2.38. The van der Waals surface area contributed by atoms with E-state index < -0.39 is 15.6 Å². The van der Waals surface area contributed by atoms with E-state index in [1.165, 1.54) is 0 Å². The monoisotopic (exact) mass is 324 g/mol. The third-order valence-corrected chi connectivity index (χ3v) is 8.89. The van der Waals surface area contributed by atoms with E-state index in [4.69, 9.17) is 19.1 Å². The zero-order valence-corrected chi connectivity index (χ0v) is 15.6. The molecule has 124 valence electrons. The minimum absolute atomic E-state index is 0.204. The lowest BCUT2D eigenvalue weighted by molar-refractivity contribution is 0.176. The summed E-state index contributed by atoms with van der Waals surface area (Å²) in [5, 5.41) is 17.8. The van der Waals surface area contributed by atoms with Crippen LogP contribution < -0.4 is 4.65 Å². The molecule has 0 saturated heterocycles. The van der Waals surface area contributed by atoms with Crippen molar-refractivity contribution in [3.05, 3.63) is 29.8 Å². The third-order valence-electron chi connectivity index (χ3n) is 4.35. The van der Waals surface area contributed by atoms with Gasteiger partial charge in [-0.15, -0.1) is 0 Å². The molecule has 1 atom stereocenters. The van der Waals surface area contributed by atoms with Gasteiger partial charge in [-0.3, -0.25) is 0 Å². The van der Waals surface area contributed by atoms with Crippen molar-refractivity contribution in [3.63, 3.8) is 0 Å². The van der Waals surface area contributed by atoms with E-state index in [0.29, 0.717) is 5.75 Å². The lowest BCUT2D eigenvalue weighted by Crippen LogP contribution is -2.44. The van der Waals surface area contributed by atoms with Crippen LogP contribution in [0.15, 0.2) is 24.3 Å². The molecule has 2 N–H and O–H groups in total. The van der Waals surface area contributed by atoms with Gasteiger partial charge in [0.1, 0.15) is 5.75 Å². The van der Waals surface area contributed by atoms with Crippen molar-refractivity contribution in [2.24, 2.45) is 0 Å². The summed E-state index contributed by atoms with van der Waals surface area (Å²) in [5.74, 6) is 0.442. The van der Waals surface area contributed by atoms with E-state index in [1.54, 1.807) is 12.1 Å². The second-order valence-electron chi connectivity index (χ2n) is 7.20. The standard InChI is InChI=1S/C16H29BO4Si/c1-7-14(21-22(5,6)16(2,3)4)12-13-8-10-15(11-9-13)20-17(18)19/h8-11,14,18-19H,7,12H2,1-6H3. The fraction of sp³-hybridized carbons (Fsp3) is 0.625. The van der Waals surface area contributed by atoms with Crippen LogP contribution in [0.3, 0.4) is 0 Å². The first kappa shape index (κ1) is 19.2. The van der Waals surface area contributed by atoms with Gasteiger partial charge < -0.3 is 19.1 Å². The minimum atomic E-state index is -1.78. The predicted molar refractivity (Wildman–Crippen MR) is 93.3 cm³/mol. The second kappa shape index (κ2) is 7.64. The van der Waals surface area contributed by atoms with Gasteiger partial charge in [0.2, 0.25) is 0 Å². The van der Waals surface area contributed by atoms with E-state index in [1.807, 2.05) is 12.1 Å². The van der Waals surface area contributed by atoms with E-state index >= 15 is 0 Å². The maximum atomic E-state index is 8.78. The number of hydrogen-bond acceptors (Lipinski definition) is 4. The molecule has 1 aromatic carbocycles. The maximum absolute atomic E-state index is 8.78. The Hall–Kier alpha value is -0.818. The molecule has 6 heteroatoms. The fourth-order valence-corrected chi connectivity index (χ4v) is 3.39. The van der Waals surface area contributed by atoms with Crippen molar-refractivity contribution >= 4 is 15.6 Å². The Morgan fingerprint density at radius 1 is 1.14 bits per heavy atom. The molecule has 1 aromatic rings. The van der Waals surface area contributed by atoms with Crippen LogP contribution in [-0.4, -0.2) is 31.8 Å². The molecule has 1 rings (SSSR count). The molecule has 0 aliphatic carbocycles. The Morgan fingerprint density at radius 2 is 1.68 bits per heavy atom. The van der Waals surface area contributed by atoms with Crippen molar-refractivity contribution in [1.29, 1.82) is 0 Å². The highest BCUT2D eigenvalue weighted by molar-refractivity contribution is 6.74. The molecule has 0 fully saturated rings. The van der Waals surface area contributed by atoms with Crippen LogP contribution >= 0.6 is 0 Å². The van der Waals surface area contributed by atoms with Gasteiger partial charge >= 0.3 is 7.32 Å². The summed E-state index contributed by atoms with van der Waals surface area (Å²) in [4.78, 5) is 0. The maximum Gasteiger partial charge on any atom is 0.707 e. The summed E-state index contributed by atoms with van der Waals surface area (Å²) in [6.07, 6.45) is 2.03. The first-order chi connectivity index (χ1) is 10.0. The smallest absolute Gasteiger partial charge is 0.512 e. The molecule has 0 heterocycles. The fourth-order valence-electron chi connectivity index (χ4n) is 1.95. The lowest BCUT2D eigenvalue weighted by Gasteiger charge is -2.39. The van der Waals surface area contributed by atoms with Crippen molar-refractivity contribution < 1.29 is 19.1 Å². The molecule has 0 aromatic heterocycles. The van der Waals surface area contributed by atoms with E-state index in [-0.39, 0.29) is 11.1 Å². The Kier molecular flexibility index (Phi) is 6.68. The van der Waals surface area contributed by atoms with Crippen LogP contribution in [0.25, 0.3) is 0 Å². The van der Waals surface area contributed by atoms with Crippen molar-refractivity contribution in [3.8, 4) is 5.75 Å². The number of hydrogen-bond donors (Lipinski definition) is 2. The molecule has 0 aliphatic rings. The largest absolute Gasteiger partial charge is 0.707 e. The highest BCUT2D eigenvalue weighted by atomic mass is 28.4. The topological polar surface area (TPSA) is 58.9 Å². The molecule has 0 spiro atoms. The van der Waals surface area contributed by atoms with E-state index in [2.05, 4.69) is 40.8 Å². The summed E-state index contributed by atoms with van der Waals surface area (Å²) in [7, 11) is -3.55. The average molecular weight is 324 g/mol. The Bertz CT molecular complexity index is 454. The molecule has 0 saturated carbocycles. The first-order valence-corrected chi connectivity index (χ1v) is 10.8. The summed E-state index contributed by atoms with van der Waals surface area (Å²) >= 11 is 0. The minimum Gasteiger partial charge on any atom is -0.512 e. The molecule has 4 nitrogen and oxygen atoms in total. The predicted octanol–water partition coefficient (Wildman–Crippen LogP) is 3.38. The second-order valence-corrected chi connectivity index (χ2v) is 12.0. The lowest BCUT2D eigenvalue weighted by atomic mass is 10.1. The SMILES string of the molecule is CCC(Cc1ccc(OB(O)O)cc1)O[Si](C)(C)C(C)(C)C. The van der Waals surface area contributed by atoms with Crippen LogP contribution in [0.4, 0.5) is 0 Å². The molecule has 1 unspecified atom stereocenters. The molecular formula is C16H29BO4Si. The van der Waals surface area contributed by atoms with Gasteiger partial charge in [0, 0.05) is 6.10 Å². The third kappa shape index (κ3) is 5.76. The Morgan fingerprint density at radius 3 is 2.09 bits per heavy atom. The van der Waals surface area contributed by atoms with Crippen LogP contribution in [0.2, 0.25) is 18.1 Å². The van der Waals surface area contributed by atoms with Gasteiger partial charge in [0.15, 0.2) is 8.32 Å². The van der Waals surface area contributed by atoms with Crippen LogP contribution in [-0.2, 0) is 10.8 Å². The van der Waals surface area contributed by atoms with Crippen molar-refractivity contribution in [2.45, 2.75) is 64.8 Å². The van der Waals surface area contributed by atoms with Gasteiger partial charge in [-0.25, -0.2) is 0 Å². The van der Waals surface area contributed by atoms with Crippen LogP contribution in [0.1, 0.15) is 39.7 Å². The van der Waals surface area contributed by atoms with Gasteiger partial charge in [0.05, 0.1) is 0 Å².